The van der Waals surface area contributed by atoms with Crippen molar-refractivity contribution in [1.29, 1.82) is 0 Å². The Hall–Kier alpha value is -1.97. The second-order valence-corrected chi connectivity index (χ2v) is 3.72. The van der Waals surface area contributed by atoms with Crippen LogP contribution in [0.5, 0.6) is 0 Å². The summed E-state index contributed by atoms with van der Waals surface area (Å²) in [4.78, 5) is 11.1. The van der Waals surface area contributed by atoms with Crippen molar-refractivity contribution < 1.29 is 4.79 Å². The summed E-state index contributed by atoms with van der Waals surface area (Å²) < 4.78 is 0. The lowest BCUT2D eigenvalue weighted by molar-refractivity contribution is -0.116. The summed E-state index contributed by atoms with van der Waals surface area (Å²) in [6.45, 7) is 0.695. The third kappa shape index (κ3) is 2.53. The van der Waals surface area contributed by atoms with Gasteiger partial charge in [-0.2, -0.15) is 0 Å². The molecule has 2 N–H and O–H groups in total. The van der Waals surface area contributed by atoms with Crippen molar-refractivity contribution in [2.45, 2.75) is 6.42 Å². The fourth-order valence-corrected chi connectivity index (χ4v) is 1.62. The van der Waals surface area contributed by atoms with Gasteiger partial charge in [-0.1, -0.05) is 18.2 Å². The van der Waals surface area contributed by atoms with E-state index in [2.05, 4.69) is 10.7 Å². The lowest BCUT2D eigenvalue weighted by atomic mass is 10.2. The van der Waals surface area contributed by atoms with Crippen molar-refractivity contribution in [1.82, 2.24) is 10.7 Å². The normalized spacial score (nSPS) is 15.1. The summed E-state index contributed by atoms with van der Waals surface area (Å²) in [5.74, 6) is -0.0322. The van der Waals surface area contributed by atoms with Gasteiger partial charge in [-0.25, -0.2) is 0 Å². The average molecular weight is 217 g/mol. The number of benzene rings is 1. The van der Waals surface area contributed by atoms with Crippen molar-refractivity contribution in [2.75, 3.05) is 18.6 Å². The molecule has 4 heteroatoms. The Morgan fingerprint density at radius 2 is 2.06 bits per heavy atom. The molecule has 0 spiro atoms. The van der Waals surface area contributed by atoms with Gasteiger partial charge in [0.2, 0.25) is 5.91 Å². The van der Waals surface area contributed by atoms with Crippen LogP contribution in [0, 0.1) is 0 Å². The molecule has 84 valence electrons. The fourth-order valence-electron chi connectivity index (χ4n) is 1.62. The Morgan fingerprint density at radius 1 is 1.31 bits per heavy atom. The van der Waals surface area contributed by atoms with Crippen LogP contribution in [0.3, 0.4) is 0 Å². The van der Waals surface area contributed by atoms with Gasteiger partial charge in [0.05, 0.1) is 5.69 Å². The van der Waals surface area contributed by atoms with Gasteiger partial charge in [-0.05, 0) is 12.1 Å². The van der Waals surface area contributed by atoms with Crippen molar-refractivity contribution in [3.05, 3.63) is 42.1 Å². The third-order valence-electron chi connectivity index (χ3n) is 2.45. The van der Waals surface area contributed by atoms with Crippen LogP contribution in [0.4, 0.5) is 5.69 Å². The maximum atomic E-state index is 11.1. The van der Waals surface area contributed by atoms with Crippen LogP contribution in [0.15, 0.2) is 42.1 Å². The van der Waals surface area contributed by atoms with Crippen LogP contribution in [-0.4, -0.2) is 19.5 Å². The van der Waals surface area contributed by atoms with Crippen molar-refractivity contribution in [2.24, 2.45) is 0 Å². The molecule has 0 fully saturated rings. The highest BCUT2D eigenvalue weighted by Crippen LogP contribution is 2.11. The summed E-state index contributed by atoms with van der Waals surface area (Å²) in [7, 11) is 1.93. The molecular formula is C12H15N3O. The number of hydrogen-bond acceptors (Lipinski definition) is 3. The molecule has 0 aliphatic carbocycles. The largest absolute Gasteiger partial charge is 0.352 e. The van der Waals surface area contributed by atoms with E-state index in [-0.39, 0.29) is 5.91 Å². The molecule has 0 saturated heterocycles. The lowest BCUT2D eigenvalue weighted by Gasteiger charge is -2.25. The van der Waals surface area contributed by atoms with E-state index in [9.17, 15) is 4.79 Å². The third-order valence-corrected chi connectivity index (χ3v) is 2.45. The van der Waals surface area contributed by atoms with Gasteiger partial charge in [0, 0.05) is 31.8 Å². The van der Waals surface area contributed by atoms with E-state index in [4.69, 9.17) is 0 Å². The minimum absolute atomic E-state index is 0.0322. The maximum absolute atomic E-state index is 11.1. The standard InChI is InChI=1S/C12H15N3O/c1-15(11-5-3-2-4-6-11)14-10-7-8-13-12(16)9-10/h2-6,9,14H,7-8H2,1H3,(H,13,16). The van der Waals surface area contributed by atoms with E-state index in [0.29, 0.717) is 6.54 Å². The predicted octanol–water partition coefficient (Wildman–Crippen LogP) is 1.03. The number of carbonyl (C=O) groups is 1. The van der Waals surface area contributed by atoms with Gasteiger partial charge in [-0.3, -0.25) is 9.80 Å². The Bertz CT molecular complexity index is 400. The highest BCUT2D eigenvalue weighted by molar-refractivity contribution is 5.89. The highest BCUT2D eigenvalue weighted by Gasteiger charge is 2.09. The number of anilines is 1. The molecular weight excluding hydrogens is 202 g/mol. The number of amides is 1. The van der Waals surface area contributed by atoms with Crippen molar-refractivity contribution in [3.63, 3.8) is 0 Å². The molecule has 1 aromatic carbocycles. The van der Waals surface area contributed by atoms with Crippen LogP contribution in [0.25, 0.3) is 0 Å². The van der Waals surface area contributed by atoms with Crippen molar-refractivity contribution >= 4 is 11.6 Å². The molecule has 16 heavy (non-hydrogen) atoms. The molecule has 1 aliphatic rings. The number of nitrogens with zero attached hydrogens (tertiary/aromatic N) is 1. The van der Waals surface area contributed by atoms with E-state index in [1.807, 2.05) is 42.4 Å². The fraction of sp³-hybridized carbons (Fsp3) is 0.250. The van der Waals surface area contributed by atoms with Crippen LogP contribution in [0.2, 0.25) is 0 Å². The van der Waals surface area contributed by atoms with Gasteiger partial charge in [-0.15, -0.1) is 0 Å². The van der Waals surface area contributed by atoms with E-state index in [1.54, 1.807) is 6.08 Å². The second-order valence-electron chi connectivity index (χ2n) is 3.72. The molecule has 1 aromatic rings. The monoisotopic (exact) mass is 217 g/mol. The number of rotatable bonds is 3. The average Bonchev–Trinajstić information content (AvgIpc) is 2.30. The van der Waals surface area contributed by atoms with Gasteiger partial charge in [0.25, 0.3) is 0 Å². The Labute approximate surface area is 94.9 Å². The second kappa shape index (κ2) is 4.70. The summed E-state index contributed by atoms with van der Waals surface area (Å²) in [5, 5.41) is 4.66. The molecule has 0 bridgehead atoms. The SMILES string of the molecule is CN(NC1=CC(=O)NCC1)c1ccccc1. The van der Waals surface area contributed by atoms with Crippen LogP contribution in [0.1, 0.15) is 6.42 Å². The first-order chi connectivity index (χ1) is 7.75. The summed E-state index contributed by atoms with van der Waals surface area (Å²) in [5.41, 5.74) is 5.20. The quantitative estimate of drug-likeness (QED) is 0.743. The predicted molar refractivity (Wildman–Crippen MR) is 63.7 cm³/mol. The number of hydrazine groups is 1. The molecule has 0 aromatic heterocycles. The van der Waals surface area contributed by atoms with Crippen LogP contribution in [-0.2, 0) is 4.79 Å². The van der Waals surface area contributed by atoms with E-state index in [1.165, 1.54) is 0 Å². The number of nitrogens with one attached hydrogen (secondary N) is 2. The highest BCUT2D eigenvalue weighted by atomic mass is 16.1. The Kier molecular flexibility index (Phi) is 3.10. The number of para-hydroxylation sites is 1. The number of carbonyl (C=O) groups excluding carboxylic acids is 1. The first kappa shape index (κ1) is 10.5. The van der Waals surface area contributed by atoms with E-state index < -0.39 is 0 Å². The Balaban J connectivity index is 2.02. The first-order valence-corrected chi connectivity index (χ1v) is 5.29. The topological polar surface area (TPSA) is 44.4 Å². The molecule has 1 heterocycles. The first-order valence-electron chi connectivity index (χ1n) is 5.29. The molecule has 1 amide bonds. The maximum Gasteiger partial charge on any atom is 0.245 e. The van der Waals surface area contributed by atoms with Crippen LogP contribution < -0.4 is 15.8 Å². The summed E-state index contributed by atoms with van der Waals surface area (Å²) in [6.07, 6.45) is 2.44. The number of hydrogen-bond donors (Lipinski definition) is 2. The smallest absolute Gasteiger partial charge is 0.245 e. The molecule has 4 nitrogen and oxygen atoms in total. The van der Waals surface area contributed by atoms with E-state index >= 15 is 0 Å². The molecule has 1 aliphatic heterocycles. The van der Waals surface area contributed by atoms with Gasteiger partial charge < -0.3 is 10.7 Å². The molecule has 2 rings (SSSR count). The summed E-state index contributed by atoms with van der Waals surface area (Å²) >= 11 is 0. The lowest BCUT2D eigenvalue weighted by Crippen LogP contribution is -2.38. The van der Waals surface area contributed by atoms with Gasteiger partial charge >= 0.3 is 0 Å². The zero-order chi connectivity index (χ0) is 11.4. The minimum atomic E-state index is -0.0322. The van der Waals surface area contributed by atoms with Gasteiger partial charge in [0.15, 0.2) is 0 Å². The van der Waals surface area contributed by atoms with E-state index in [0.717, 1.165) is 17.8 Å². The molecule has 0 radical (unpaired) electrons. The Morgan fingerprint density at radius 3 is 2.75 bits per heavy atom. The molecule has 0 unspecified atom stereocenters. The van der Waals surface area contributed by atoms with Gasteiger partial charge in [0.1, 0.15) is 0 Å². The summed E-state index contributed by atoms with van der Waals surface area (Å²) in [6, 6.07) is 9.96. The zero-order valence-corrected chi connectivity index (χ0v) is 9.23. The van der Waals surface area contributed by atoms with Crippen LogP contribution >= 0.6 is 0 Å². The zero-order valence-electron chi connectivity index (χ0n) is 9.23. The molecule has 0 saturated carbocycles. The van der Waals surface area contributed by atoms with Crippen molar-refractivity contribution in [3.8, 4) is 0 Å². The molecule has 0 atom stereocenters. The minimum Gasteiger partial charge on any atom is -0.352 e.